The lowest BCUT2D eigenvalue weighted by Crippen LogP contribution is -2.25. The molecule has 0 radical (unpaired) electrons. The molecule has 0 saturated carbocycles. The Bertz CT molecular complexity index is 1390. The molecule has 6 rings (SSSR count). The average molecular weight is 468 g/mol. The Morgan fingerprint density at radius 2 is 0.829 bits per heavy atom. The van der Waals surface area contributed by atoms with Crippen LogP contribution in [0.4, 0.5) is 0 Å². The fourth-order valence-corrected chi connectivity index (χ4v) is 8.59. The summed E-state index contributed by atoms with van der Waals surface area (Å²) in [6.07, 6.45) is 4.37. The Hall–Kier alpha value is -3.93. The lowest BCUT2D eigenvalue weighted by atomic mass is 9.97. The van der Waals surface area contributed by atoms with Gasteiger partial charge < -0.3 is 0 Å². The van der Waals surface area contributed by atoms with Gasteiger partial charge in [0.25, 0.3) is 0 Å². The smallest absolute Gasteiger partial charge is 0.0604 e. The van der Waals surface area contributed by atoms with Gasteiger partial charge in [-0.15, -0.1) is 0 Å². The normalized spacial score (nSPS) is 12.9. The van der Waals surface area contributed by atoms with Crippen LogP contribution < -0.4 is 15.9 Å². The van der Waals surface area contributed by atoms with Crippen LogP contribution in [0.2, 0.25) is 0 Å². The summed E-state index contributed by atoms with van der Waals surface area (Å²) in [5.41, 5.74) is 5.35. The highest BCUT2D eigenvalue weighted by Crippen LogP contribution is 2.48. The third kappa shape index (κ3) is 3.79. The van der Waals surface area contributed by atoms with Crippen molar-refractivity contribution in [3.8, 4) is 11.1 Å². The molecule has 0 heterocycles. The van der Waals surface area contributed by atoms with Gasteiger partial charge in [-0.1, -0.05) is 146 Å². The second kappa shape index (κ2) is 9.37. The maximum Gasteiger partial charge on any atom is 0.0604 e. The van der Waals surface area contributed by atoms with E-state index in [2.05, 4.69) is 152 Å². The van der Waals surface area contributed by atoms with E-state index in [1.54, 1.807) is 0 Å². The van der Waals surface area contributed by atoms with Gasteiger partial charge >= 0.3 is 0 Å². The molecule has 0 fully saturated rings. The van der Waals surface area contributed by atoms with Crippen molar-refractivity contribution < 1.29 is 0 Å². The summed E-state index contributed by atoms with van der Waals surface area (Å²) >= 11 is 0. The quantitative estimate of drug-likeness (QED) is 0.238. The molecule has 5 aromatic carbocycles. The SMILES string of the molecule is C(=C/C1c2ccccc2-c2ccccc21)/N=P(c1ccccc1)(c1ccccc1)c1ccccc1. The molecule has 0 amide bonds. The maximum absolute atomic E-state index is 5.51. The predicted molar refractivity (Wildman–Crippen MR) is 150 cm³/mol. The Morgan fingerprint density at radius 1 is 0.457 bits per heavy atom. The minimum Gasteiger partial charge on any atom is -0.262 e. The van der Waals surface area contributed by atoms with Crippen molar-refractivity contribution in [3.05, 3.63) is 163 Å². The van der Waals surface area contributed by atoms with Gasteiger partial charge in [0.2, 0.25) is 0 Å². The van der Waals surface area contributed by atoms with Gasteiger partial charge in [0.15, 0.2) is 0 Å². The van der Waals surface area contributed by atoms with Crippen molar-refractivity contribution in [2.45, 2.75) is 5.92 Å². The number of benzene rings is 5. The van der Waals surface area contributed by atoms with Crippen molar-refractivity contribution in [3.63, 3.8) is 0 Å². The van der Waals surface area contributed by atoms with Crippen LogP contribution in [0.25, 0.3) is 11.1 Å². The monoisotopic (exact) mass is 467 g/mol. The van der Waals surface area contributed by atoms with Crippen LogP contribution in [0.5, 0.6) is 0 Å². The molecule has 0 bridgehead atoms. The summed E-state index contributed by atoms with van der Waals surface area (Å²) < 4.78 is 5.51. The van der Waals surface area contributed by atoms with Gasteiger partial charge in [0.1, 0.15) is 0 Å². The summed E-state index contributed by atoms with van der Waals surface area (Å²) in [5, 5.41) is 3.78. The molecular formula is C33H26NP. The standard InChI is InChI=1S/C33H26NP/c1-4-14-26(15-5-1)35(27-16-6-2-7-17-27,28-18-8-3-9-19-28)34-25-24-33-31-22-12-10-20-29(31)30-21-11-13-23-32(30)33/h1-25,33H/b25-24-. The number of allylic oxidation sites excluding steroid dienone is 1. The largest absolute Gasteiger partial charge is 0.262 e. The van der Waals surface area contributed by atoms with Crippen LogP contribution in [0.1, 0.15) is 17.0 Å². The number of nitrogens with zero attached hydrogens (tertiary/aromatic N) is 1. The molecule has 0 atom stereocenters. The van der Waals surface area contributed by atoms with Crippen molar-refractivity contribution in [2.24, 2.45) is 4.74 Å². The summed E-state index contributed by atoms with van der Waals surface area (Å²) in [4.78, 5) is 0. The number of fused-ring (bicyclic) bond motifs is 3. The van der Waals surface area contributed by atoms with Gasteiger partial charge in [-0.25, -0.2) is 0 Å². The molecule has 1 aliphatic carbocycles. The van der Waals surface area contributed by atoms with Crippen LogP contribution in [0.15, 0.2) is 157 Å². The molecule has 0 unspecified atom stereocenters. The van der Waals surface area contributed by atoms with E-state index in [0.29, 0.717) is 0 Å². The molecule has 168 valence electrons. The minimum atomic E-state index is -2.24. The first-order valence-corrected chi connectivity index (χ1v) is 13.8. The van der Waals surface area contributed by atoms with E-state index < -0.39 is 7.05 Å². The highest BCUT2D eigenvalue weighted by Gasteiger charge is 2.28. The maximum atomic E-state index is 5.51. The third-order valence-electron chi connectivity index (χ3n) is 6.79. The molecule has 1 aliphatic rings. The molecule has 0 saturated heterocycles. The van der Waals surface area contributed by atoms with E-state index >= 15 is 0 Å². The highest BCUT2D eigenvalue weighted by atomic mass is 31.2. The van der Waals surface area contributed by atoms with E-state index in [1.807, 2.05) is 0 Å². The third-order valence-corrected chi connectivity index (χ3v) is 10.4. The van der Waals surface area contributed by atoms with Gasteiger partial charge in [0.05, 0.1) is 7.05 Å². The van der Waals surface area contributed by atoms with Crippen LogP contribution in [0.3, 0.4) is 0 Å². The number of hydrogen-bond donors (Lipinski definition) is 0. The van der Waals surface area contributed by atoms with Gasteiger partial charge in [-0.05, 0) is 22.3 Å². The molecular weight excluding hydrogens is 441 g/mol. The molecule has 1 nitrogen and oxygen atoms in total. The zero-order valence-corrected chi connectivity index (χ0v) is 20.3. The lowest BCUT2D eigenvalue weighted by molar-refractivity contribution is 1.07. The second-order valence-electron chi connectivity index (χ2n) is 8.75. The van der Waals surface area contributed by atoms with Crippen LogP contribution in [-0.4, -0.2) is 0 Å². The van der Waals surface area contributed by atoms with Gasteiger partial charge in [0, 0.05) is 28.0 Å². The lowest BCUT2D eigenvalue weighted by Gasteiger charge is -2.26. The first-order chi connectivity index (χ1) is 17.4. The number of hydrogen-bond acceptors (Lipinski definition) is 1. The zero-order valence-electron chi connectivity index (χ0n) is 19.4. The Labute approximate surface area is 207 Å². The zero-order chi connectivity index (χ0) is 23.5. The summed E-state index contributed by atoms with van der Waals surface area (Å²) in [6, 6.07) is 49.8. The van der Waals surface area contributed by atoms with E-state index in [-0.39, 0.29) is 5.92 Å². The molecule has 35 heavy (non-hydrogen) atoms. The molecule has 0 aromatic heterocycles. The molecule has 0 N–H and O–H groups in total. The van der Waals surface area contributed by atoms with Gasteiger partial charge in [-0.2, -0.15) is 0 Å². The number of rotatable bonds is 5. The fraction of sp³-hybridized carbons (Fsp3) is 0.0303. The highest BCUT2D eigenvalue weighted by molar-refractivity contribution is 7.87. The van der Waals surface area contributed by atoms with Crippen molar-refractivity contribution in [1.82, 2.24) is 0 Å². The molecule has 2 heteroatoms. The molecule has 5 aromatic rings. The van der Waals surface area contributed by atoms with E-state index in [1.165, 1.54) is 38.2 Å². The van der Waals surface area contributed by atoms with Crippen LogP contribution in [-0.2, 0) is 0 Å². The van der Waals surface area contributed by atoms with Crippen LogP contribution in [0, 0.1) is 0 Å². The molecule has 0 aliphatic heterocycles. The van der Waals surface area contributed by atoms with E-state index in [0.717, 1.165) is 0 Å². The first-order valence-electron chi connectivity index (χ1n) is 12.0. The van der Waals surface area contributed by atoms with E-state index in [9.17, 15) is 0 Å². The Balaban J connectivity index is 1.57. The summed E-state index contributed by atoms with van der Waals surface area (Å²) in [7, 11) is -2.24. The topological polar surface area (TPSA) is 12.4 Å². The first kappa shape index (κ1) is 21.6. The Morgan fingerprint density at radius 3 is 1.26 bits per heavy atom. The molecule has 0 spiro atoms. The second-order valence-corrected chi connectivity index (χ2v) is 11.8. The predicted octanol–water partition coefficient (Wildman–Crippen LogP) is 7.49. The Kier molecular flexibility index (Phi) is 5.78. The summed E-state index contributed by atoms with van der Waals surface area (Å²) in [5.74, 6) is 0.204. The fourth-order valence-electron chi connectivity index (χ4n) is 5.20. The average Bonchev–Trinajstić information content (AvgIpc) is 3.26. The van der Waals surface area contributed by atoms with Crippen molar-refractivity contribution in [1.29, 1.82) is 0 Å². The minimum absolute atomic E-state index is 0.204. The van der Waals surface area contributed by atoms with Crippen molar-refractivity contribution >= 4 is 23.0 Å². The van der Waals surface area contributed by atoms with Gasteiger partial charge in [-0.3, -0.25) is 4.74 Å². The van der Waals surface area contributed by atoms with E-state index in [4.69, 9.17) is 4.74 Å². The van der Waals surface area contributed by atoms with Crippen LogP contribution >= 0.6 is 7.05 Å². The summed E-state index contributed by atoms with van der Waals surface area (Å²) in [6.45, 7) is 0. The van der Waals surface area contributed by atoms with Crippen molar-refractivity contribution in [2.75, 3.05) is 0 Å².